The van der Waals surface area contributed by atoms with Gasteiger partial charge in [-0.2, -0.15) is 9.49 Å². The van der Waals surface area contributed by atoms with Crippen LogP contribution in [0.25, 0.3) is 11.3 Å². The molecule has 4 nitrogen and oxygen atoms in total. The molecule has 0 amide bonds. The molecule has 0 saturated carbocycles. The van der Waals surface area contributed by atoms with E-state index in [1.165, 1.54) is 17.3 Å². The molecule has 0 aliphatic heterocycles. The number of pyridine rings is 1. The second kappa shape index (κ2) is 5.38. The number of nitrogens with zero attached hydrogens (tertiary/aromatic N) is 2. The molecule has 22 heavy (non-hydrogen) atoms. The minimum absolute atomic E-state index is 0.205. The van der Waals surface area contributed by atoms with Gasteiger partial charge in [-0.15, -0.1) is 0 Å². The summed E-state index contributed by atoms with van der Waals surface area (Å²) in [4.78, 5) is 3.90. The third-order valence-corrected chi connectivity index (χ3v) is 4.16. The monoisotopic (exact) mass is 302 g/mol. The Kier molecular flexibility index (Phi) is 3.67. The van der Waals surface area contributed by atoms with Crippen LogP contribution >= 0.6 is 0 Å². The quantitative estimate of drug-likeness (QED) is 0.844. The van der Waals surface area contributed by atoms with E-state index in [9.17, 15) is 4.39 Å². The fraction of sp³-hybridized carbons (Fsp3) is 0.529. The first kappa shape index (κ1) is 15.0. The fourth-order valence-corrected chi connectivity index (χ4v) is 3.09. The van der Waals surface area contributed by atoms with Gasteiger partial charge < -0.3 is 5.32 Å². The Balaban J connectivity index is 1.99. The number of fused-ring (bicyclic) bond motifs is 1. The maximum Gasteiger partial charge on any atom is 0.215 e. The van der Waals surface area contributed by atoms with Gasteiger partial charge in [0.25, 0.3) is 0 Å². The molecule has 5 heteroatoms. The number of anilines is 1. The number of H-pyrrole nitrogens is 1. The molecule has 0 radical (unpaired) electrons. The van der Waals surface area contributed by atoms with E-state index in [1.807, 2.05) is 19.9 Å². The fourth-order valence-electron chi connectivity index (χ4n) is 3.09. The number of hydrogen-bond donors (Lipinski definition) is 2. The predicted molar refractivity (Wildman–Crippen MR) is 86.3 cm³/mol. The standard InChI is InChI=1S/C17H23FN4/c1-10(2)19-15-8-11(7-14(18)20-15)16-12-5-6-17(3,4)9-13(12)21-22-16/h7-8,10H,5-6,9H2,1-4H3,(H,19,20)(H,21,22). The summed E-state index contributed by atoms with van der Waals surface area (Å²) in [5.74, 6) is 0.0754. The van der Waals surface area contributed by atoms with Gasteiger partial charge in [-0.1, -0.05) is 13.8 Å². The number of hydrogen-bond acceptors (Lipinski definition) is 3. The molecule has 0 saturated heterocycles. The Morgan fingerprint density at radius 3 is 2.82 bits per heavy atom. The molecule has 0 unspecified atom stereocenters. The molecule has 2 N–H and O–H groups in total. The largest absolute Gasteiger partial charge is 0.368 e. The summed E-state index contributed by atoms with van der Waals surface area (Å²) in [6.07, 6.45) is 3.09. The van der Waals surface area contributed by atoms with Gasteiger partial charge in [-0.05, 0) is 44.6 Å². The number of rotatable bonds is 3. The third kappa shape index (κ3) is 2.98. The zero-order valence-electron chi connectivity index (χ0n) is 13.6. The highest BCUT2D eigenvalue weighted by Gasteiger charge is 2.29. The Hall–Kier alpha value is -1.91. The van der Waals surface area contributed by atoms with Crippen molar-refractivity contribution in [3.63, 3.8) is 0 Å². The van der Waals surface area contributed by atoms with E-state index in [0.717, 1.165) is 30.5 Å². The van der Waals surface area contributed by atoms with Gasteiger partial charge in [-0.3, -0.25) is 5.10 Å². The first-order valence-corrected chi connectivity index (χ1v) is 7.85. The molecular formula is C17H23FN4. The van der Waals surface area contributed by atoms with Crippen molar-refractivity contribution in [2.45, 2.75) is 53.0 Å². The van der Waals surface area contributed by atoms with Crippen LogP contribution in [-0.2, 0) is 12.8 Å². The van der Waals surface area contributed by atoms with Crippen LogP contribution in [0, 0.1) is 11.4 Å². The maximum atomic E-state index is 13.8. The molecule has 0 atom stereocenters. The van der Waals surface area contributed by atoms with Gasteiger partial charge in [-0.25, -0.2) is 4.98 Å². The van der Waals surface area contributed by atoms with Gasteiger partial charge >= 0.3 is 0 Å². The van der Waals surface area contributed by atoms with Crippen molar-refractivity contribution < 1.29 is 4.39 Å². The van der Waals surface area contributed by atoms with Crippen molar-refractivity contribution in [1.29, 1.82) is 0 Å². The molecule has 2 aromatic rings. The molecule has 1 aliphatic carbocycles. The highest BCUT2D eigenvalue weighted by atomic mass is 19.1. The predicted octanol–water partition coefficient (Wildman–Crippen LogP) is 3.95. The smallest absolute Gasteiger partial charge is 0.215 e. The first-order chi connectivity index (χ1) is 10.3. The lowest BCUT2D eigenvalue weighted by Crippen LogP contribution is -2.21. The van der Waals surface area contributed by atoms with Crippen molar-refractivity contribution in [2.24, 2.45) is 5.41 Å². The molecule has 0 aromatic carbocycles. The summed E-state index contributed by atoms with van der Waals surface area (Å²) in [5, 5.41) is 10.7. The van der Waals surface area contributed by atoms with Crippen molar-refractivity contribution in [2.75, 3.05) is 5.32 Å². The van der Waals surface area contributed by atoms with Crippen molar-refractivity contribution in [3.05, 3.63) is 29.3 Å². The molecule has 0 bridgehead atoms. The summed E-state index contributed by atoms with van der Waals surface area (Å²) in [6, 6.07) is 3.54. The Bertz CT molecular complexity index is 688. The third-order valence-electron chi connectivity index (χ3n) is 4.16. The topological polar surface area (TPSA) is 53.6 Å². The average Bonchev–Trinajstić information content (AvgIpc) is 2.78. The summed E-state index contributed by atoms with van der Waals surface area (Å²) < 4.78 is 13.8. The van der Waals surface area contributed by atoms with Crippen LogP contribution in [0.1, 0.15) is 45.4 Å². The van der Waals surface area contributed by atoms with Crippen LogP contribution in [0.5, 0.6) is 0 Å². The Morgan fingerprint density at radius 1 is 1.32 bits per heavy atom. The minimum Gasteiger partial charge on any atom is -0.368 e. The first-order valence-electron chi connectivity index (χ1n) is 7.85. The van der Waals surface area contributed by atoms with Crippen LogP contribution in [0.4, 0.5) is 10.2 Å². The summed E-state index contributed by atoms with van der Waals surface area (Å²) in [6.45, 7) is 8.55. The number of aromatic nitrogens is 3. The van der Waals surface area contributed by atoms with Crippen LogP contribution in [0.2, 0.25) is 0 Å². The second-order valence-electron chi connectivity index (χ2n) is 7.23. The van der Waals surface area contributed by atoms with Crippen LogP contribution in [0.15, 0.2) is 12.1 Å². The average molecular weight is 302 g/mol. The van der Waals surface area contributed by atoms with Crippen molar-refractivity contribution in [1.82, 2.24) is 15.2 Å². The van der Waals surface area contributed by atoms with Crippen LogP contribution < -0.4 is 5.32 Å². The summed E-state index contributed by atoms with van der Waals surface area (Å²) in [7, 11) is 0. The zero-order chi connectivity index (χ0) is 15.9. The minimum atomic E-state index is -0.478. The molecule has 0 fully saturated rings. The highest BCUT2D eigenvalue weighted by Crippen LogP contribution is 2.38. The lowest BCUT2D eigenvalue weighted by molar-refractivity contribution is 0.312. The SMILES string of the molecule is CC(C)Nc1cc(-c2n[nH]c3c2CCC(C)(C)C3)cc(F)n1. The van der Waals surface area contributed by atoms with E-state index < -0.39 is 5.95 Å². The molecule has 0 spiro atoms. The normalized spacial score (nSPS) is 16.6. The van der Waals surface area contributed by atoms with Gasteiger partial charge in [0, 0.05) is 28.9 Å². The number of nitrogens with one attached hydrogen (secondary N) is 2. The number of aromatic amines is 1. The highest BCUT2D eigenvalue weighted by molar-refractivity contribution is 5.67. The van der Waals surface area contributed by atoms with E-state index >= 15 is 0 Å². The molecule has 3 rings (SSSR count). The molecule has 118 valence electrons. The summed E-state index contributed by atoms with van der Waals surface area (Å²) >= 11 is 0. The van der Waals surface area contributed by atoms with E-state index in [0.29, 0.717) is 11.2 Å². The van der Waals surface area contributed by atoms with Crippen LogP contribution in [0.3, 0.4) is 0 Å². The second-order valence-corrected chi connectivity index (χ2v) is 7.23. The van der Waals surface area contributed by atoms with Crippen LogP contribution in [-0.4, -0.2) is 21.2 Å². The molecule has 2 aromatic heterocycles. The molecular weight excluding hydrogens is 279 g/mol. The lowest BCUT2D eigenvalue weighted by Gasteiger charge is -2.29. The molecule has 1 aliphatic rings. The van der Waals surface area contributed by atoms with Gasteiger partial charge in [0.2, 0.25) is 5.95 Å². The maximum absolute atomic E-state index is 13.8. The van der Waals surface area contributed by atoms with E-state index in [2.05, 4.69) is 34.3 Å². The Labute approximate surface area is 130 Å². The summed E-state index contributed by atoms with van der Waals surface area (Å²) in [5.41, 5.74) is 4.35. The van der Waals surface area contributed by atoms with E-state index in [4.69, 9.17) is 0 Å². The van der Waals surface area contributed by atoms with Crippen molar-refractivity contribution in [3.8, 4) is 11.3 Å². The Morgan fingerprint density at radius 2 is 2.09 bits per heavy atom. The zero-order valence-corrected chi connectivity index (χ0v) is 13.6. The van der Waals surface area contributed by atoms with E-state index in [1.54, 1.807) is 0 Å². The van der Waals surface area contributed by atoms with Gasteiger partial charge in [0.1, 0.15) is 5.82 Å². The lowest BCUT2D eigenvalue weighted by atomic mass is 9.76. The van der Waals surface area contributed by atoms with Gasteiger partial charge in [0.15, 0.2) is 0 Å². The van der Waals surface area contributed by atoms with Gasteiger partial charge in [0.05, 0.1) is 5.69 Å². The van der Waals surface area contributed by atoms with Crippen molar-refractivity contribution >= 4 is 5.82 Å². The number of halogens is 1. The molecule has 2 heterocycles. The van der Waals surface area contributed by atoms with E-state index in [-0.39, 0.29) is 6.04 Å².